The molecule has 1 aromatic carbocycles. The number of hydrogen-bond donors (Lipinski definition) is 0. The minimum absolute atomic E-state index is 0.557. The van der Waals surface area contributed by atoms with Gasteiger partial charge in [-0.1, -0.05) is 45.7 Å². The standard InChI is InChI=1S/C23H36N2O2.C11H26N2/c1-3-5-11-24(4-2)13-9-22-16-21(18-25(22)12-6-14-26)20-8-7-19-10-15-27-23(19)17-20;1-5-6-10-13(4)11-8-7-9-12(2)3/h7-8,14,17,21-22H,3-6,9-13,15-16,18H2,1-2H3;5-11H2,1-4H3. The first-order valence-electron chi connectivity index (χ1n) is 16.4. The summed E-state index contributed by atoms with van der Waals surface area (Å²) in [7, 11) is 6.51. The highest BCUT2D eigenvalue weighted by Crippen LogP contribution is 2.36. The summed E-state index contributed by atoms with van der Waals surface area (Å²) in [4.78, 5) is 20.8. The van der Waals surface area contributed by atoms with Gasteiger partial charge in [0.2, 0.25) is 0 Å². The van der Waals surface area contributed by atoms with Gasteiger partial charge in [0.05, 0.1) is 6.61 Å². The van der Waals surface area contributed by atoms with Gasteiger partial charge in [-0.15, -0.1) is 0 Å². The van der Waals surface area contributed by atoms with E-state index in [1.807, 2.05) is 0 Å². The molecule has 0 saturated carbocycles. The zero-order valence-corrected chi connectivity index (χ0v) is 27.0. The van der Waals surface area contributed by atoms with Gasteiger partial charge in [0.25, 0.3) is 0 Å². The molecule has 2 unspecified atom stereocenters. The van der Waals surface area contributed by atoms with Gasteiger partial charge in [-0.25, -0.2) is 0 Å². The van der Waals surface area contributed by atoms with E-state index < -0.39 is 0 Å². The van der Waals surface area contributed by atoms with Gasteiger partial charge in [-0.3, -0.25) is 4.90 Å². The van der Waals surface area contributed by atoms with Crippen LogP contribution in [-0.4, -0.2) is 112 Å². The first kappa shape index (κ1) is 34.7. The fourth-order valence-corrected chi connectivity index (χ4v) is 5.95. The van der Waals surface area contributed by atoms with Crippen LogP contribution in [0.2, 0.25) is 0 Å². The quantitative estimate of drug-likeness (QED) is 0.155. The van der Waals surface area contributed by atoms with E-state index in [1.54, 1.807) is 0 Å². The molecule has 6 heteroatoms. The lowest BCUT2D eigenvalue weighted by Crippen LogP contribution is -2.35. The van der Waals surface area contributed by atoms with E-state index in [9.17, 15) is 4.79 Å². The van der Waals surface area contributed by atoms with Crippen molar-refractivity contribution < 1.29 is 9.53 Å². The summed E-state index contributed by atoms with van der Waals surface area (Å²) in [6, 6.07) is 7.41. The highest BCUT2D eigenvalue weighted by atomic mass is 16.5. The zero-order chi connectivity index (χ0) is 29.2. The number of aldehydes is 1. The van der Waals surface area contributed by atoms with Gasteiger partial charge < -0.3 is 24.2 Å². The Morgan fingerprint density at radius 2 is 1.68 bits per heavy atom. The molecule has 0 radical (unpaired) electrons. The van der Waals surface area contributed by atoms with E-state index in [1.165, 1.54) is 95.2 Å². The van der Waals surface area contributed by atoms with Crippen molar-refractivity contribution in [3.8, 4) is 5.75 Å². The number of nitrogens with zero attached hydrogens (tertiary/aromatic N) is 4. The molecular weight excluding hydrogens is 496 g/mol. The Balaban J connectivity index is 0.000000366. The monoisotopic (exact) mass is 558 g/mol. The molecule has 0 spiro atoms. The molecule has 1 saturated heterocycles. The molecule has 6 nitrogen and oxygen atoms in total. The van der Waals surface area contributed by atoms with Crippen molar-refractivity contribution in [1.82, 2.24) is 19.6 Å². The molecular formula is C34H62N4O2. The summed E-state index contributed by atoms with van der Waals surface area (Å²) < 4.78 is 5.78. The summed E-state index contributed by atoms with van der Waals surface area (Å²) in [5, 5.41) is 0. The molecule has 2 aliphatic rings. The first-order valence-corrected chi connectivity index (χ1v) is 16.4. The van der Waals surface area contributed by atoms with Crippen molar-refractivity contribution in [3.05, 3.63) is 29.3 Å². The maximum atomic E-state index is 10.9. The maximum absolute atomic E-state index is 10.9. The number of rotatable bonds is 19. The molecule has 2 aliphatic heterocycles. The average Bonchev–Trinajstić information content (AvgIpc) is 3.60. The Kier molecular flexibility index (Phi) is 17.7. The molecule has 230 valence electrons. The Bertz CT molecular complexity index is 802. The van der Waals surface area contributed by atoms with Crippen LogP contribution in [-0.2, 0) is 11.2 Å². The van der Waals surface area contributed by atoms with E-state index in [0.717, 1.165) is 44.7 Å². The predicted octanol–water partition coefficient (Wildman–Crippen LogP) is 5.94. The van der Waals surface area contributed by atoms with Crippen molar-refractivity contribution in [2.45, 2.75) is 96.9 Å². The van der Waals surface area contributed by atoms with E-state index in [4.69, 9.17) is 4.74 Å². The van der Waals surface area contributed by atoms with Crippen LogP contribution in [0.4, 0.5) is 0 Å². The van der Waals surface area contributed by atoms with Gasteiger partial charge in [-0.05, 0) is 122 Å². The molecule has 40 heavy (non-hydrogen) atoms. The smallest absolute Gasteiger partial charge is 0.122 e. The molecule has 0 bridgehead atoms. The Morgan fingerprint density at radius 1 is 0.950 bits per heavy atom. The molecule has 2 heterocycles. The lowest BCUT2D eigenvalue weighted by molar-refractivity contribution is -0.108. The van der Waals surface area contributed by atoms with E-state index in [-0.39, 0.29) is 0 Å². The maximum Gasteiger partial charge on any atom is 0.122 e. The van der Waals surface area contributed by atoms with Crippen LogP contribution in [0.25, 0.3) is 0 Å². The molecule has 0 N–H and O–H groups in total. The first-order chi connectivity index (χ1) is 19.4. The minimum atomic E-state index is 0.557. The topological polar surface area (TPSA) is 39.3 Å². The SMILES string of the molecule is CCCCN(C)CCCCN(C)C.CCCCN(CC)CCC1CC(c2ccc3c(c2)OCC3)CN1CCC=O. The Morgan fingerprint density at radius 3 is 2.38 bits per heavy atom. The van der Waals surface area contributed by atoms with Crippen LogP contribution in [0.15, 0.2) is 18.2 Å². The van der Waals surface area contributed by atoms with Gasteiger partial charge >= 0.3 is 0 Å². The fraction of sp³-hybridized carbons (Fsp3) is 0.794. The highest BCUT2D eigenvalue weighted by molar-refractivity contribution is 5.49. The lowest BCUT2D eigenvalue weighted by atomic mass is 9.94. The van der Waals surface area contributed by atoms with Crippen molar-refractivity contribution in [3.63, 3.8) is 0 Å². The molecule has 2 atom stereocenters. The van der Waals surface area contributed by atoms with Gasteiger partial charge in [0.15, 0.2) is 0 Å². The highest BCUT2D eigenvalue weighted by Gasteiger charge is 2.33. The summed E-state index contributed by atoms with van der Waals surface area (Å²) in [6.45, 7) is 16.8. The second-order valence-electron chi connectivity index (χ2n) is 12.2. The molecule has 0 amide bonds. The second-order valence-corrected chi connectivity index (χ2v) is 12.2. The van der Waals surface area contributed by atoms with E-state index in [2.05, 4.69) is 79.7 Å². The van der Waals surface area contributed by atoms with Crippen LogP contribution in [0.5, 0.6) is 5.75 Å². The largest absolute Gasteiger partial charge is 0.493 e. The van der Waals surface area contributed by atoms with Gasteiger partial charge in [-0.2, -0.15) is 0 Å². The number of fused-ring (bicyclic) bond motifs is 1. The second kappa shape index (κ2) is 20.4. The Labute approximate surface area is 247 Å². The van der Waals surface area contributed by atoms with Gasteiger partial charge in [0.1, 0.15) is 12.0 Å². The van der Waals surface area contributed by atoms with Crippen molar-refractivity contribution in [2.75, 3.05) is 80.1 Å². The number of carbonyl (C=O) groups excluding carboxylic acids is 1. The van der Waals surface area contributed by atoms with E-state index in [0.29, 0.717) is 18.4 Å². The summed E-state index contributed by atoms with van der Waals surface area (Å²) >= 11 is 0. The molecule has 0 aromatic heterocycles. The van der Waals surface area contributed by atoms with Crippen LogP contribution in [0.1, 0.15) is 95.6 Å². The van der Waals surface area contributed by atoms with E-state index >= 15 is 0 Å². The zero-order valence-electron chi connectivity index (χ0n) is 27.0. The minimum Gasteiger partial charge on any atom is -0.493 e. The molecule has 3 rings (SSSR count). The predicted molar refractivity (Wildman–Crippen MR) is 171 cm³/mol. The number of likely N-dealkylation sites (tertiary alicyclic amines) is 1. The van der Waals surface area contributed by atoms with Crippen molar-refractivity contribution >= 4 is 6.29 Å². The van der Waals surface area contributed by atoms with Crippen molar-refractivity contribution in [1.29, 1.82) is 0 Å². The molecule has 1 aromatic rings. The fourth-order valence-electron chi connectivity index (χ4n) is 5.95. The molecule has 1 fully saturated rings. The normalized spacial score (nSPS) is 18.7. The molecule has 0 aliphatic carbocycles. The lowest BCUT2D eigenvalue weighted by Gasteiger charge is -2.27. The number of ether oxygens (including phenoxy) is 1. The summed E-state index contributed by atoms with van der Waals surface area (Å²) in [5.41, 5.74) is 2.76. The van der Waals surface area contributed by atoms with Crippen molar-refractivity contribution in [2.24, 2.45) is 0 Å². The van der Waals surface area contributed by atoms with Gasteiger partial charge in [0, 0.05) is 32.0 Å². The summed E-state index contributed by atoms with van der Waals surface area (Å²) in [6.07, 6.45) is 13.0. The third-order valence-electron chi connectivity index (χ3n) is 8.60. The van der Waals surface area contributed by atoms with Crippen LogP contribution < -0.4 is 4.74 Å². The summed E-state index contributed by atoms with van der Waals surface area (Å²) in [5.74, 6) is 1.65. The number of benzene rings is 1. The average molecular weight is 559 g/mol. The number of hydrogen-bond acceptors (Lipinski definition) is 6. The third kappa shape index (κ3) is 13.0. The number of unbranched alkanes of at least 4 members (excludes halogenated alkanes) is 3. The van der Waals surface area contributed by atoms with Crippen LogP contribution in [0.3, 0.4) is 0 Å². The van der Waals surface area contributed by atoms with Crippen LogP contribution in [0, 0.1) is 0 Å². The third-order valence-corrected chi connectivity index (χ3v) is 8.60. The Hall–Kier alpha value is -1.47. The van der Waals surface area contributed by atoms with Crippen LogP contribution >= 0.6 is 0 Å². The number of carbonyl (C=O) groups is 1.